The van der Waals surface area contributed by atoms with Gasteiger partial charge in [0.1, 0.15) is 12.8 Å². The van der Waals surface area contributed by atoms with E-state index in [0.29, 0.717) is 0 Å². The molecular weight excluding hydrogens is 256 g/mol. The molecule has 2 aromatic heterocycles. The second-order valence-corrected chi connectivity index (χ2v) is 4.96. The van der Waals surface area contributed by atoms with E-state index in [-0.39, 0.29) is 0 Å². The van der Waals surface area contributed by atoms with Crippen LogP contribution in [0.2, 0.25) is 0 Å². The maximum Gasteiger partial charge on any atom is 0.128 e. The van der Waals surface area contributed by atoms with Gasteiger partial charge < -0.3 is 4.84 Å². The van der Waals surface area contributed by atoms with Gasteiger partial charge in [-0.05, 0) is 23.6 Å². The lowest BCUT2D eigenvalue weighted by molar-refractivity contribution is 0.214. The van der Waals surface area contributed by atoms with Crippen molar-refractivity contribution in [3.05, 3.63) is 64.5 Å². The third-order valence-corrected chi connectivity index (χ3v) is 3.68. The lowest BCUT2D eigenvalue weighted by Gasteiger charge is -2.05. The third kappa shape index (κ3) is 2.35. The van der Waals surface area contributed by atoms with E-state index in [1.807, 2.05) is 48.0 Å². The number of rotatable bonds is 3. The first kappa shape index (κ1) is 11.9. The van der Waals surface area contributed by atoms with E-state index in [2.05, 4.69) is 16.2 Å². The van der Waals surface area contributed by atoms with Gasteiger partial charge in [0.25, 0.3) is 0 Å². The first-order chi connectivity index (χ1) is 9.38. The lowest BCUT2D eigenvalue weighted by atomic mass is 10.1. The Morgan fingerprint density at radius 3 is 2.89 bits per heavy atom. The second-order valence-electron chi connectivity index (χ2n) is 4.02. The second kappa shape index (κ2) is 5.20. The number of para-hydroxylation sites is 1. The van der Waals surface area contributed by atoms with Gasteiger partial charge in [-0.2, -0.15) is 0 Å². The van der Waals surface area contributed by atoms with E-state index >= 15 is 0 Å². The van der Waals surface area contributed by atoms with Crippen LogP contribution in [-0.4, -0.2) is 17.8 Å². The largest absolute Gasteiger partial charge is 0.399 e. The highest BCUT2D eigenvalue weighted by atomic mass is 32.1. The van der Waals surface area contributed by atoms with Crippen molar-refractivity contribution in [1.82, 2.24) is 4.98 Å². The first-order valence-electron chi connectivity index (χ1n) is 5.88. The maximum absolute atomic E-state index is 4.96. The van der Waals surface area contributed by atoms with E-state index < -0.39 is 0 Å². The number of nitrogens with zero attached hydrogens (tertiary/aromatic N) is 2. The molecule has 3 aromatic rings. The topological polar surface area (TPSA) is 34.5 Å². The predicted octanol–water partition coefficient (Wildman–Crippen LogP) is 3.70. The Kier molecular flexibility index (Phi) is 3.25. The van der Waals surface area contributed by atoms with Gasteiger partial charge in [0, 0.05) is 17.1 Å². The summed E-state index contributed by atoms with van der Waals surface area (Å²) in [5, 5.41) is 7.25. The predicted molar refractivity (Wildman–Crippen MR) is 78.7 cm³/mol. The monoisotopic (exact) mass is 268 g/mol. The Labute approximate surface area is 115 Å². The molecule has 0 atom stereocenters. The highest BCUT2D eigenvalue weighted by Gasteiger charge is 2.10. The van der Waals surface area contributed by atoms with Gasteiger partial charge >= 0.3 is 0 Å². The Balaban J connectivity index is 2.13. The summed E-state index contributed by atoms with van der Waals surface area (Å²) < 4.78 is 0. The summed E-state index contributed by atoms with van der Waals surface area (Å²) in [4.78, 5) is 10.5. The number of oxime groups is 1. The Hall–Kier alpha value is -2.20. The van der Waals surface area contributed by atoms with Crippen LogP contribution in [0.4, 0.5) is 0 Å². The summed E-state index contributed by atoms with van der Waals surface area (Å²) in [6.07, 6.45) is 1.83. The van der Waals surface area contributed by atoms with Crippen LogP contribution in [0.25, 0.3) is 10.9 Å². The Morgan fingerprint density at radius 1 is 1.21 bits per heavy atom. The number of benzene rings is 1. The fourth-order valence-corrected chi connectivity index (χ4v) is 2.67. The Bertz CT molecular complexity index is 720. The van der Waals surface area contributed by atoms with Crippen molar-refractivity contribution in [2.45, 2.75) is 0 Å². The van der Waals surface area contributed by atoms with Crippen LogP contribution in [0, 0.1) is 0 Å². The fraction of sp³-hybridized carbons (Fsp3) is 0.0667. The van der Waals surface area contributed by atoms with E-state index in [1.165, 1.54) is 0 Å². The molecule has 0 amide bonds. The van der Waals surface area contributed by atoms with Crippen LogP contribution in [0.15, 0.2) is 59.2 Å². The van der Waals surface area contributed by atoms with Crippen LogP contribution in [-0.2, 0) is 4.84 Å². The molecule has 19 heavy (non-hydrogen) atoms. The molecule has 0 saturated heterocycles. The van der Waals surface area contributed by atoms with Crippen molar-refractivity contribution in [3.63, 3.8) is 0 Å². The average molecular weight is 268 g/mol. The minimum absolute atomic E-state index is 0.816. The molecule has 3 rings (SSSR count). The quantitative estimate of drug-likeness (QED) is 0.536. The van der Waals surface area contributed by atoms with Crippen molar-refractivity contribution in [3.8, 4) is 0 Å². The number of hydrogen-bond acceptors (Lipinski definition) is 4. The summed E-state index contributed by atoms with van der Waals surface area (Å²) in [6, 6.07) is 14.1. The average Bonchev–Trinajstić information content (AvgIpc) is 2.98. The number of thiophene rings is 1. The molecule has 3 nitrogen and oxygen atoms in total. The van der Waals surface area contributed by atoms with Crippen molar-refractivity contribution in [2.75, 3.05) is 7.11 Å². The molecule has 0 spiro atoms. The van der Waals surface area contributed by atoms with Crippen LogP contribution in [0.3, 0.4) is 0 Å². The highest BCUT2D eigenvalue weighted by molar-refractivity contribution is 7.12. The smallest absolute Gasteiger partial charge is 0.128 e. The molecule has 1 aromatic carbocycles. The summed E-state index contributed by atoms with van der Waals surface area (Å²) in [7, 11) is 1.56. The SMILES string of the molecule is CON=C(c1cnc2ccccc2c1)c1cccs1. The molecule has 0 aliphatic heterocycles. The van der Waals surface area contributed by atoms with Gasteiger partial charge in [-0.25, -0.2) is 0 Å². The van der Waals surface area contributed by atoms with Crippen molar-refractivity contribution in [1.29, 1.82) is 0 Å². The third-order valence-electron chi connectivity index (χ3n) is 2.80. The molecule has 0 N–H and O–H groups in total. The summed E-state index contributed by atoms with van der Waals surface area (Å²) in [5.41, 5.74) is 2.76. The van der Waals surface area contributed by atoms with Gasteiger partial charge in [-0.15, -0.1) is 11.3 Å². The van der Waals surface area contributed by atoms with E-state index in [1.54, 1.807) is 18.4 Å². The zero-order valence-corrected chi connectivity index (χ0v) is 11.2. The van der Waals surface area contributed by atoms with Gasteiger partial charge in [0.05, 0.1) is 10.4 Å². The molecular formula is C15H12N2OS. The van der Waals surface area contributed by atoms with Crippen LogP contribution >= 0.6 is 11.3 Å². The fourth-order valence-electron chi connectivity index (χ4n) is 1.95. The maximum atomic E-state index is 4.96. The normalized spacial score (nSPS) is 11.7. The Morgan fingerprint density at radius 2 is 2.11 bits per heavy atom. The minimum atomic E-state index is 0.816. The van der Waals surface area contributed by atoms with Crippen molar-refractivity contribution >= 4 is 28.0 Å². The van der Waals surface area contributed by atoms with Gasteiger partial charge in [-0.3, -0.25) is 4.98 Å². The number of fused-ring (bicyclic) bond motifs is 1. The molecule has 4 heteroatoms. The van der Waals surface area contributed by atoms with Gasteiger partial charge in [0.2, 0.25) is 0 Å². The summed E-state index contributed by atoms with van der Waals surface area (Å²) in [6.45, 7) is 0. The number of hydrogen-bond donors (Lipinski definition) is 0. The first-order valence-corrected chi connectivity index (χ1v) is 6.76. The highest BCUT2D eigenvalue weighted by Crippen LogP contribution is 2.19. The number of aromatic nitrogens is 1. The standard InChI is InChI=1S/C15H12N2OS/c1-18-17-15(14-7-4-8-19-14)12-9-11-5-2-3-6-13(11)16-10-12/h2-10H,1H3. The van der Waals surface area contributed by atoms with Crippen molar-refractivity contribution in [2.24, 2.45) is 5.16 Å². The molecule has 0 saturated carbocycles. The van der Waals surface area contributed by atoms with Crippen LogP contribution in [0.1, 0.15) is 10.4 Å². The van der Waals surface area contributed by atoms with Gasteiger partial charge in [-0.1, -0.05) is 29.4 Å². The molecule has 2 heterocycles. The van der Waals surface area contributed by atoms with E-state index in [4.69, 9.17) is 4.84 Å². The van der Waals surface area contributed by atoms with E-state index in [0.717, 1.165) is 27.1 Å². The molecule has 0 fully saturated rings. The molecule has 0 aliphatic carbocycles. The minimum Gasteiger partial charge on any atom is -0.399 e. The molecule has 0 bridgehead atoms. The van der Waals surface area contributed by atoms with Crippen LogP contribution in [0.5, 0.6) is 0 Å². The van der Waals surface area contributed by atoms with Crippen LogP contribution < -0.4 is 0 Å². The zero-order chi connectivity index (χ0) is 13.1. The molecule has 0 unspecified atom stereocenters. The molecule has 0 aliphatic rings. The van der Waals surface area contributed by atoms with Crippen molar-refractivity contribution < 1.29 is 4.84 Å². The zero-order valence-electron chi connectivity index (χ0n) is 10.4. The lowest BCUT2D eigenvalue weighted by Crippen LogP contribution is -2.02. The summed E-state index contributed by atoms with van der Waals surface area (Å²) in [5.74, 6) is 0. The number of pyridine rings is 1. The van der Waals surface area contributed by atoms with Gasteiger partial charge in [0.15, 0.2) is 0 Å². The van der Waals surface area contributed by atoms with E-state index in [9.17, 15) is 0 Å². The summed E-state index contributed by atoms with van der Waals surface area (Å²) >= 11 is 1.63. The molecule has 0 radical (unpaired) electrons. The molecule has 94 valence electrons.